The van der Waals surface area contributed by atoms with Crippen molar-refractivity contribution in [1.29, 1.82) is 0 Å². The highest BCUT2D eigenvalue weighted by Crippen LogP contribution is 2.23. The molecular formula is C27H28ClN3O. The van der Waals surface area contributed by atoms with Gasteiger partial charge in [0.1, 0.15) is 5.82 Å². The second kappa shape index (κ2) is 10.0. The Morgan fingerprint density at radius 1 is 0.969 bits per heavy atom. The summed E-state index contributed by atoms with van der Waals surface area (Å²) in [5.74, 6) is 1.34. The van der Waals surface area contributed by atoms with Crippen LogP contribution in [0.5, 0.6) is 0 Å². The van der Waals surface area contributed by atoms with E-state index in [9.17, 15) is 4.79 Å². The van der Waals surface area contributed by atoms with Crippen LogP contribution < -0.4 is 0 Å². The van der Waals surface area contributed by atoms with E-state index in [2.05, 4.69) is 36.6 Å². The van der Waals surface area contributed by atoms with E-state index in [0.717, 1.165) is 28.1 Å². The smallest absolute Gasteiger partial charge is 0.223 e. The minimum atomic E-state index is 0.116. The van der Waals surface area contributed by atoms with Gasteiger partial charge < -0.3 is 4.90 Å². The second-order valence-electron chi connectivity index (χ2n) is 8.45. The number of nitrogens with zero attached hydrogens (tertiary/aromatic N) is 3. The zero-order valence-electron chi connectivity index (χ0n) is 18.5. The van der Waals surface area contributed by atoms with Crippen LogP contribution in [0.2, 0.25) is 5.02 Å². The lowest BCUT2D eigenvalue weighted by molar-refractivity contribution is -0.132. The van der Waals surface area contributed by atoms with Gasteiger partial charge in [-0.05, 0) is 48.2 Å². The van der Waals surface area contributed by atoms with Crippen molar-refractivity contribution in [2.75, 3.05) is 6.54 Å². The van der Waals surface area contributed by atoms with Gasteiger partial charge in [0, 0.05) is 23.7 Å². The van der Waals surface area contributed by atoms with Gasteiger partial charge in [-0.25, -0.2) is 4.98 Å². The van der Waals surface area contributed by atoms with Gasteiger partial charge in [0.2, 0.25) is 5.91 Å². The molecule has 0 fully saturated rings. The predicted octanol–water partition coefficient (Wildman–Crippen LogP) is 6.30. The molecule has 0 aliphatic rings. The molecule has 0 spiro atoms. The molecule has 0 radical (unpaired) electrons. The number of benzene rings is 3. The molecule has 3 aromatic carbocycles. The lowest BCUT2D eigenvalue weighted by atomic mass is 10.1. The number of rotatable bonds is 8. The van der Waals surface area contributed by atoms with E-state index in [1.807, 2.05) is 65.6 Å². The van der Waals surface area contributed by atoms with Crippen molar-refractivity contribution in [3.63, 3.8) is 0 Å². The third-order valence-electron chi connectivity index (χ3n) is 5.48. The average Bonchev–Trinajstić information content (AvgIpc) is 3.16. The molecule has 0 aliphatic heterocycles. The van der Waals surface area contributed by atoms with Crippen LogP contribution in [-0.4, -0.2) is 26.9 Å². The van der Waals surface area contributed by atoms with E-state index in [1.54, 1.807) is 0 Å². The van der Waals surface area contributed by atoms with Crippen LogP contribution in [0.15, 0.2) is 78.9 Å². The molecule has 1 amide bonds. The topological polar surface area (TPSA) is 38.1 Å². The molecule has 0 atom stereocenters. The van der Waals surface area contributed by atoms with E-state index in [-0.39, 0.29) is 5.91 Å². The molecule has 0 N–H and O–H groups in total. The predicted molar refractivity (Wildman–Crippen MR) is 131 cm³/mol. The molecular weight excluding hydrogens is 418 g/mol. The minimum absolute atomic E-state index is 0.116. The van der Waals surface area contributed by atoms with Gasteiger partial charge in [0.05, 0.1) is 17.6 Å². The molecule has 0 saturated heterocycles. The van der Waals surface area contributed by atoms with Crippen molar-refractivity contribution in [2.45, 2.75) is 33.2 Å². The largest absolute Gasteiger partial charge is 0.335 e. The minimum Gasteiger partial charge on any atom is -0.335 e. The molecule has 0 aliphatic carbocycles. The van der Waals surface area contributed by atoms with Crippen LogP contribution >= 0.6 is 11.6 Å². The number of hydrogen-bond acceptors (Lipinski definition) is 2. The van der Waals surface area contributed by atoms with E-state index in [0.29, 0.717) is 36.9 Å². The zero-order chi connectivity index (χ0) is 22.5. The number of carbonyl (C=O) groups excluding carboxylic acids is 1. The van der Waals surface area contributed by atoms with Crippen molar-refractivity contribution in [1.82, 2.24) is 14.5 Å². The molecule has 0 unspecified atom stereocenters. The van der Waals surface area contributed by atoms with E-state index < -0.39 is 0 Å². The first-order chi connectivity index (χ1) is 15.5. The number of amides is 1. The summed E-state index contributed by atoms with van der Waals surface area (Å²) in [4.78, 5) is 20.1. The van der Waals surface area contributed by atoms with Gasteiger partial charge in [0.25, 0.3) is 0 Å². The van der Waals surface area contributed by atoms with Crippen LogP contribution in [0.25, 0.3) is 16.7 Å². The van der Waals surface area contributed by atoms with Crippen LogP contribution in [0.1, 0.15) is 31.7 Å². The fraction of sp³-hybridized carbons (Fsp3) is 0.259. The van der Waals surface area contributed by atoms with E-state index in [4.69, 9.17) is 16.6 Å². The number of carbonyl (C=O) groups is 1. The third-order valence-corrected chi connectivity index (χ3v) is 5.85. The Morgan fingerprint density at radius 3 is 2.41 bits per heavy atom. The first-order valence-electron chi connectivity index (χ1n) is 11.1. The molecule has 1 heterocycles. The summed E-state index contributed by atoms with van der Waals surface area (Å²) in [5, 5.41) is 0.710. The quantitative estimate of drug-likeness (QED) is 0.319. The number of halogens is 1. The first kappa shape index (κ1) is 22.1. The second-order valence-corrected chi connectivity index (χ2v) is 8.85. The lowest BCUT2D eigenvalue weighted by Gasteiger charge is -2.25. The molecule has 164 valence electrons. The maximum absolute atomic E-state index is 13.3. The van der Waals surface area contributed by atoms with Crippen molar-refractivity contribution in [3.8, 4) is 5.69 Å². The summed E-state index contributed by atoms with van der Waals surface area (Å²) in [6.45, 7) is 5.41. The zero-order valence-corrected chi connectivity index (χ0v) is 19.3. The van der Waals surface area contributed by atoms with Gasteiger partial charge in [-0.2, -0.15) is 0 Å². The van der Waals surface area contributed by atoms with Gasteiger partial charge in [-0.15, -0.1) is 0 Å². The molecule has 5 heteroatoms. The summed E-state index contributed by atoms with van der Waals surface area (Å²) >= 11 is 6.30. The molecule has 0 bridgehead atoms. The third kappa shape index (κ3) is 5.03. The highest BCUT2D eigenvalue weighted by atomic mass is 35.5. The molecule has 4 aromatic rings. The molecule has 32 heavy (non-hydrogen) atoms. The maximum atomic E-state index is 13.3. The normalized spacial score (nSPS) is 11.2. The Hall–Kier alpha value is -3.11. The number of fused-ring (bicyclic) bond motifs is 1. The Morgan fingerprint density at radius 2 is 1.66 bits per heavy atom. The molecule has 4 nitrogen and oxygen atoms in total. The van der Waals surface area contributed by atoms with Crippen LogP contribution in [0.4, 0.5) is 0 Å². The number of hydrogen-bond donors (Lipinski definition) is 0. The van der Waals surface area contributed by atoms with Crippen LogP contribution in [0.3, 0.4) is 0 Å². The Bertz CT molecular complexity index is 1200. The van der Waals surface area contributed by atoms with Gasteiger partial charge >= 0.3 is 0 Å². The number of para-hydroxylation sites is 3. The van der Waals surface area contributed by atoms with Gasteiger partial charge in [0.15, 0.2) is 0 Å². The Balaban J connectivity index is 1.63. The SMILES string of the molecule is CC(C)CN(Cc1nc2ccccc2n1-c1ccccc1)C(=O)CCc1ccccc1Cl. The van der Waals surface area contributed by atoms with Crippen LogP contribution in [0, 0.1) is 5.92 Å². The van der Waals surface area contributed by atoms with Gasteiger partial charge in [-0.1, -0.05) is 74.0 Å². The van der Waals surface area contributed by atoms with E-state index >= 15 is 0 Å². The van der Waals surface area contributed by atoms with Crippen LogP contribution in [-0.2, 0) is 17.8 Å². The highest BCUT2D eigenvalue weighted by molar-refractivity contribution is 6.31. The fourth-order valence-electron chi connectivity index (χ4n) is 4.01. The van der Waals surface area contributed by atoms with Crippen molar-refractivity contribution in [3.05, 3.63) is 95.3 Å². The van der Waals surface area contributed by atoms with E-state index in [1.165, 1.54) is 0 Å². The van der Waals surface area contributed by atoms with Gasteiger partial charge in [-0.3, -0.25) is 9.36 Å². The summed E-state index contributed by atoms with van der Waals surface area (Å²) < 4.78 is 2.16. The van der Waals surface area contributed by atoms with Crippen molar-refractivity contribution in [2.24, 2.45) is 5.92 Å². The highest BCUT2D eigenvalue weighted by Gasteiger charge is 2.20. The standard InChI is InChI=1S/C27H28ClN3O/c1-20(2)18-30(27(32)17-16-21-10-6-7-13-23(21)28)19-26-29-24-14-8-9-15-25(24)31(26)22-11-4-3-5-12-22/h3-15,20H,16-19H2,1-2H3. The molecule has 0 saturated carbocycles. The Kier molecular flexibility index (Phi) is 6.91. The monoisotopic (exact) mass is 445 g/mol. The summed E-state index contributed by atoms with van der Waals surface area (Å²) in [5.41, 5.74) is 4.02. The summed E-state index contributed by atoms with van der Waals surface area (Å²) in [7, 11) is 0. The fourth-order valence-corrected chi connectivity index (χ4v) is 4.24. The van der Waals surface area contributed by atoms with Crippen molar-refractivity contribution < 1.29 is 4.79 Å². The maximum Gasteiger partial charge on any atom is 0.223 e. The number of aromatic nitrogens is 2. The number of imidazole rings is 1. The summed E-state index contributed by atoms with van der Waals surface area (Å²) in [6, 6.07) is 26.0. The Labute approximate surface area is 194 Å². The number of aryl methyl sites for hydroxylation is 1. The molecule has 1 aromatic heterocycles. The van der Waals surface area contributed by atoms with Crippen molar-refractivity contribution >= 4 is 28.5 Å². The molecule has 4 rings (SSSR count). The lowest BCUT2D eigenvalue weighted by Crippen LogP contribution is -2.34. The first-order valence-corrected chi connectivity index (χ1v) is 11.4. The average molecular weight is 446 g/mol. The summed E-state index contributed by atoms with van der Waals surface area (Å²) in [6.07, 6.45) is 1.05.